The molecular formula is C19H16N2O3S. The molecule has 2 heterocycles. The minimum absolute atomic E-state index is 0.165. The summed E-state index contributed by atoms with van der Waals surface area (Å²) < 4.78 is 6.14. The second kappa shape index (κ2) is 6.64. The molecule has 0 spiro atoms. The van der Waals surface area contributed by atoms with Crippen molar-refractivity contribution < 1.29 is 14.3 Å². The van der Waals surface area contributed by atoms with E-state index in [-0.39, 0.29) is 12.5 Å². The first-order valence-electron chi connectivity index (χ1n) is 8.05. The van der Waals surface area contributed by atoms with Gasteiger partial charge in [-0.05, 0) is 35.7 Å². The van der Waals surface area contributed by atoms with Gasteiger partial charge in [-0.3, -0.25) is 4.79 Å². The standard InChI is InChI=1S/C19H16N2O3S/c22-18(21-8-7-13-3-1-2-4-15(13)10-21)11-24-19(23)14-5-6-16-17(9-14)25-12-20-16/h1-6,9,12H,7-8,10-11H2. The Morgan fingerprint density at radius 2 is 2.00 bits per heavy atom. The van der Waals surface area contributed by atoms with Gasteiger partial charge >= 0.3 is 5.97 Å². The topological polar surface area (TPSA) is 59.5 Å². The number of nitrogens with zero attached hydrogens (tertiary/aromatic N) is 2. The zero-order chi connectivity index (χ0) is 17.2. The number of carbonyl (C=O) groups excluding carboxylic acids is 2. The Kier molecular flexibility index (Phi) is 4.19. The van der Waals surface area contributed by atoms with Crippen molar-refractivity contribution in [1.82, 2.24) is 9.88 Å². The molecule has 0 fully saturated rings. The van der Waals surface area contributed by atoms with Gasteiger partial charge in [0.2, 0.25) is 0 Å². The highest BCUT2D eigenvalue weighted by molar-refractivity contribution is 7.16. The lowest BCUT2D eigenvalue weighted by molar-refractivity contribution is -0.135. The van der Waals surface area contributed by atoms with Gasteiger partial charge < -0.3 is 9.64 Å². The van der Waals surface area contributed by atoms with Crippen molar-refractivity contribution in [3.63, 3.8) is 0 Å². The van der Waals surface area contributed by atoms with E-state index in [2.05, 4.69) is 11.1 Å². The maximum Gasteiger partial charge on any atom is 0.338 e. The molecule has 0 aliphatic carbocycles. The number of carbonyl (C=O) groups is 2. The maximum absolute atomic E-state index is 12.4. The average molecular weight is 352 g/mol. The molecule has 6 heteroatoms. The van der Waals surface area contributed by atoms with Gasteiger partial charge in [0.1, 0.15) is 0 Å². The van der Waals surface area contributed by atoms with Crippen LogP contribution in [-0.4, -0.2) is 34.9 Å². The largest absolute Gasteiger partial charge is 0.452 e. The van der Waals surface area contributed by atoms with E-state index in [1.54, 1.807) is 28.6 Å². The summed E-state index contributed by atoms with van der Waals surface area (Å²) >= 11 is 1.47. The molecule has 0 saturated heterocycles. The van der Waals surface area contributed by atoms with Gasteiger partial charge in [0, 0.05) is 13.1 Å². The van der Waals surface area contributed by atoms with E-state index in [1.807, 2.05) is 18.2 Å². The lowest BCUT2D eigenvalue weighted by Gasteiger charge is -2.28. The van der Waals surface area contributed by atoms with Gasteiger partial charge in [-0.25, -0.2) is 9.78 Å². The number of hydrogen-bond donors (Lipinski definition) is 0. The van der Waals surface area contributed by atoms with Crippen molar-refractivity contribution in [3.05, 3.63) is 64.7 Å². The predicted octanol–water partition coefficient (Wildman–Crippen LogP) is 3.04. The third-order valence-electron chi connectivity index (χ3n) is 4.38. The minimum atomic E-state index is -0.485. The Balaban J connectivity index is 1.37. The highest BCUT2D eigenvalue weighted by Gasteiger charge is 2.21. The number of amides is 1. The van der Waals surface area contributed by atoms with Crippen LogP contribution in [0.25, 0.3) is 10.2 Å². The number of rotatable bonds is 3. The summed E-state index contributed by atoms with van der Waals surface area (Å²) in [6.45, 7) is 0.987. The van der Waals surface area contributed by atoms with E-state index < -0.39 is 5.97 Å². The fourth-order valence-electron chi connectivity index (χ4n) is 2.99. The van der Waals surface area contributed by atoms with Gasteiger partial charge in [0.05, 0.1) is 21.3 Å². The quantitative estimate of drug-likeness (QED) is 0.680. The van der Waals surface area contributed by atoms with Crippen LogP contribution in [0.3, 0.4) is 0 Å². The Hall–Kier alpha value is -2.73. The zero-order valence-corrected chi connectivity index (χ0v) is 14.3. The number of aromatic nitrogens is 1. The van der Waals surface area contributed by atoms with Crippen LogP contribution in [-0.2, 0) is 22.5 Å². The third-order valence-corrected chi connectivity index (χ3v) is 5.17. The van der Waals surface area contributed by atoms with Crippen molar-refractivity contribution >= 4 is 33.4 Å². The Bertz CT molecular complexity index is 951. The van der Waals surface area contributed by atoms with Crippen LogP contribution < -0.4 is 0 Å². The number of benzene rings is 2. The van der Waals surface area contributed by atoms with E-state index in [1.165, 1.54) is 16.9 Å². The molecule has 1 aliphatic rings. The van der Waals surface area contributed by atoms with Crippen LogP contribution in [0.2, 0.25) is 0 Å². The van der Waals surface area contributed by atoms with Crippen molar-refractivity contribution in [3.8, 4) is 0 Å². The fourth-order valence-corrected chi connectivity index (χ4v) is 3.71. The summed E-state index contributed by atoms with van der Waals surface area (Å²) in [5.74, 6) is -0.650. The summed E-state index contributed by atoms with van der Waals surface area (Å²) in [7, 11) is 0. The lowest BCUT2D eigenvalue weighted by Crippen LogP contribution is -2.38. The smallest absolute Gasteiger partial charge is 0.338 e. The highest BCUT2D eigenvalue weighted by atomic mass is 32.1. The average Bonchev–Trinajstić information content (AvgIpc) is 3.13. The maximum atomic E-state index is 12.4. The number of thiazole rings is 1. The van der Waals surface area contributed by atoms with Gasteiger partial charge in [-0.15, -0.1) is 11.3 Å². The Labute approximate surface area is 148 Å². The second-order valence-electron chi connectivity index (χ2n) is 5.95. The first kappa shape index (κ1) is 15.8. The Morgan fingerprint density at radius 1 is 1.16 bits per heavy atom. The SMILES string of the molecule is O=C(OCC(=O)N1CCc2ccccc2C1)c1ccc2ncsc2c1. The molecule has 0 atom stereocenters. The van der Waals surface area contributed by atoms with E-state index >= 15 is 0 Å². The van der Waals surface area contributed by atoms with E-state index in [9.17, 15) is 9.59 Å². The van der Waals surface area contributed by atoms with Crippen LogP contribution in [0.4, 0.5) is 0 Å². The summed E-state index contributed by atoms with van der Waals surface area (Å²) in [5, 5.41) is 0. The van der Waals surface area contributed by atoms with Crippen molar-refractivity contribution in [1.29, 1.82) is 0 Å². The molecule has 0 N–H and O–H groups in total. The van der Waals surface area contributed by atoms with E-state index in [0.717, 1.165) is 22.2 Å². The fraction of sp³-hybridized carbons (Fsp3) is 0.211. The molecule has 126 valence electrons. The van der Waals surface area contributed by atoms with Crippen LogP contribution >= 0.6 is 11.3 Å². The van der Waals surface area contributed by atoms with E-state index in [4.69, 9.17) is 4.74 Å². The molecule has 1 amide bonds. The molecule has 0 bridgehead atoms. The number of esters is 1. The molecule has 0 unspecified atom stereocenters. The number of ether oxygens (including phenoxy) is 1. The number of hydrogen-bond acceptors (Lipinski definition) is 5. The predicted molar refractivity (Wildman–Crippen MR) is 95.5 cm³/mol. The molecule has 3 aromatic rings. The molecule has 25 heavy (non-hydrogen) atoms. The summed E-state index contributed by atoms with van der Waals surface area (Å²) in [6.07, 6.45) is 0.831. The molecule has 0 saturated carbocycles. The Morgan fingerprint density at radius 3 is 2.88 bits per heavy atom. The zero-order valence-electron chi connectivity index (χ0n) is 13.5. The molecular weight excluding hydrogens is 336 g/mol. The van der Waals surface area contributed by atoms with Crippen LogP contribution in [0.5, 0.6) is 0 Å². The van der Waals surface area contributed by atoms with Crippen LogP contribution in [0.1, 0.15) is 21.5 Å². The molecule has 0 radical (unpaired) electrons. The lowest BCUT2D eigenvalue weighted by atomic mass is 10.00. The second-order valence-corrected chi connectivity index (χ2v) is 6.83. The third kappa shape index (κ3) is 3.25. The highest BCUT2D eigenvalue weighted by Crippen LogP contribution is 2.20. The monoisotopic (exact) mass is 352 g/mol. The van der Waals surface area contributed by atoms with Gasteiger partial charge in [0.25, 0.3) is 5.91 Å². The molecule has 2 aromatic carbocycles. The first-order chi connectivity index (χ1) is 12.2. The minimum Gasteiger partial charge on any atom is -0.452 e. The van der Waals surface area contributed by atoms with Crippen LogP contribution in [0, 0.1) is 0 Å². The molecule has 5 nitrogen and oxygen atoms in total. The molecule has 1 aliphatic heterocycles. The summed E-state index contributed by atoms with van der Waals surface area (Å²) in [6, 6.07) is 13.3. The normalized spacial score (nSPS) is 13.5. The number of fused-ring (bicyclic) bond motifs is 2. The van der Waals surface area contributed by atoms with Crippen molar-refractivity contribution in [2.75, 3.05) is 13.2 Å². The van der Waals surface area contributed by atoms with E-state index in [0.29, 0.717) is 18.7 Å². The first-order valence-corrected chi connectivity index (χ1v) is 8.93. The van der Waals surface area contributed by atoms with Crippen molar-refractivity contribution in [2.24, 2.45) is 0 Å². The van der Waals surface area contributed by atoms with Crippen molar-refractivity contribution in [2.45, 2.75) is 13.0 Å². The molecule has 4 rings (SSSR count). The van der Waals surface area contributed by atoms with Gasteiger partial charge in [-0.2, -0.15) is 0 Å². The summed E-state index contributed by atoms with van der Waals surface area (Å²) in [5.41, 5.74) is 5.46. The van der Waals surface area contributed by atoms with Crippen LogP contribution in [0.15, 0.2) is 48.0 Å². The summed E-state index contributed by atoms with van der Waals surface area (Å²) in [4.78, 5) is 30.5. The molecule has 1 aromatic heterocycles. The van der Waals surface area contributed by atoms with Gasteiger partial charge in [-0.1, -0.05) is 24.3 Å². The van der Waals surface area contributed by atoms with Gasteiger partial charge in [0.15, 0.2) is 6.61 Å².